The number of rotatable bonds is 5. The third kappa shape index (κ3) is 3.08. The Morgan fingerprint density at radius 1 is 1.35 bits per heavy atom. The van der Waals surface area contributed by atoms with Gasteiger partial charge in [-0.25, -0.2) is 4.98 Å². The number of amides is 1. The quantitative estimate of drug-likeness (QED) is 0.661. The van der Waals surface area contributed by atoms with Crippen LogP contribution >= 0.6 is 11.3 Å². The molecule has 1 amide bonds. The van der Waals surface area contributed by atoms with Crippen molar-refractivity contribution < 1.29 is 14.6 Å². The lowest BCUT2D eigenvalue weighted by Crippen LogP contribution is -2.66. The van der Waals surface area contributed by atoms with E-state index in [1.807, 2.05) is 42.6 Å². The molecule has 1 aromatic carbocycles. The van der Waals surface area contributed by atoms with Crippen LogP contribution in [-0.2, 0) is 23.8 Å². The lowest BCUT2D eigenvalue weighted by Gasteiger charge is -2.56. The monoisotopic (exact) mass is 440 g/mol. The maximum Gasteiger partial charge on any atom is 0.222 e. The number of hydrogen-bond donors (Lipinski definition) is 1. The van der Waals surface area contributed by atoms with Gasteiger partial charge >= 0.3 is 0 Å². The fourth-order valence-corrected chi connectivity index (χ4v) is 6.18. The molecule has 3 aromatic rings. The molecule has 8 heteroatoms. The summed E-state index contributed by atoms with van der Waals surface area (Å²) in [6.07, 6.45) is 2.28. The molecule has 1 N–H and O–H groups in total. The molecule has 0 aliphatic carbocycles. The number of aliphatic hydroxyl groups excluding tert-OH is 1. The number of ether oxygens (including phenoxy) is 1. The van der Waals surface area contributed by atoms with Crippen LogP contribution in [0.4, 0.5) is 0 Å². The van der Waals surface area contributed by atoms with Crippen LogP contribution in [0.3, 0.4) is 0 Å². The summed E-state index contributed by atoms with van der Waals surface area (Å²) >= 11 is 1.68. The highest BCUT2D eigenvalue weighted by Crippen LogP contribution is 2.50. The molecule has 2 aromatic heterocycles. The molecule has 2 aliphatic rings. The van der Waals surface area contributed by atoms with E-state index in [0.717, 1.165) is 41.6 Å². The minimum atomic E-state index is -0.329. The standard InChI is InChI=1S/C23H28N4O3S/c1-4-20(29)27-14-23(12-26(13-23)10-19-24-7-8-31-19)21-16-6-5-15(30-3)9-17(16)25(2)22(21)18(27)11-28/h5-9,18,28H,4,10-14H2,1-3H3/t18-/m0/s1. The minimum Gasteiger partial charge on any atom is -0.497 e. The maximum atomic E-state index is 12.9. The van der Waals surface area contributed by atoms with Gasteiger partial charge in [0, 0.05) is 67.2 Å². The van der Waals surface area contributed by atoms with Gasteiger partial charge in [-0.2, -0.15) is 0 Å². The topological polar surface area (TPSA) is 70.8 Å². The SMILES string of the molecule is CCC(=O)N1CC2(CN(Cc3nccs3)C2)c2c(n(C)c3cc(OC)ccc23)[C@@H]1CO. The number of benzene rings is 1. The second kappa shape index (κ2) is 7.62. The Morgan fingerprint density at radius 3 is 2.81 bits per heavy atom. The van der Waals surface area contributed by atoms with E-state index in [0.29, 0.717) is 13.0 Å². The first-order chi connectivity index (χ1) is 15.0. The molecule has 1 fully saturated rings. The molecule has 0 radical (unpaired) electrons. The molecular formula is C23H28N4O3S. The first-order valence-electron chi connectivity index (χ1n) is 10.7. The van der Waals surface area contributed by atoms with Crippen LogP contribution in [0.1, 0.15) is 35.7 Å². The highest BCUT2D eigenvalue weighted by Gasteiger charge is 2.54. The molecule has 1 atom stereocenters. The van der Waals surface area contributed by atoms with Crippen molar-refractivity contribution in [3.8, 4) is 5.75 Å². The molecule has 4 heterocycles. The molecule has 164 valence electrons. The van der Waals surface area contributed by atoms with E-state index < -0.39 is 0 Å². The number of carbonyl (C=O) groups is 1. The largest absolute Gasteiger partial charge is 0.497 e. The molecule has 0 saturated carbocycles. The van der Waals surface area contributed by atoms with Crippen LogP contribution in [0.15, 0.2) is 29.8 Å². The van der Waals surface area contributed by atoms with Gasteiger partial charge in [0.05, 0.1) is 31.8 Å². The van der Waals surface area contributed by atoms with Crippen molar-refractivity contribution in [1.29, 1.82) is 0 Å². The molecule has 31 heavy (non-hydrogen) atoms. The van der Waals surface area contributed by atoms with Crippen molar-refractivity contribution >= 4 is 28.1 Å². The number of likely N-dealkylation sites (tertiary alicyclic amines) is 1. The summed E-state index contributed by atoms with van der Waals surface area (Å²) in [6.45, 7) is 5.02. The zero-order valence-corrected chi connectivity index (χ0v) is 19.0. The lowest BCUT2D eigenvalue weighted by molar-refractivity contribution is -0.138. The Morgan fingerprint density at radius 2 is 2.16 bits per heavy atom. The number of aliphatic hydroxyl groups is 1. The number of carbonyl (C=O) groups excluding carboxylic acids is 1. The van der Waals surface area contributed by atoms with Gasteiger partial charge in [0.2, 0.25) is 5.91 Å². The van der Waals surface area contributed by atoms with Crippen LogP contribution in [0, 0.1) is 0 Å². The zero-order chi connectivity index (χ0) is 21.8. The second-order valence-electron chi connectivity index (χ2n) is 8.63. The summed E-state index contributed by atoms with van der Waals surface area (Å²) < 4.78 is 7.61. The highest BCUT2D eigenvalue weighted by atomic mass is 32.1. The molecule has 0 unspecified atom stereocenters. The maximum absolute atomic E-state index is 12.9. The van der Waals surface area contributed by atoms with E-state index in [2.05, 4.69) is 20.5 Å². The molecule has 0 bridgehead atoms. The summed E-state index contributed by atoms with van der Waals surface area (Å²) in [7, 11) is 3.70. The Hall–Kier alpha value is -2.42. The predicted octanol–water partition coefficient (Wildman–Crippen LogP) is 2.68. The van der Waals surface area contributed by atoms with Crippen LogP contribution in [0.2, 0.25) is 0 Å². The van der Waals surface area contributed by atoms with E-state index in [4.69, 9.17) is 4.74 Å². The number of thiazole rings is 1. The summed E-state index contributed by atoms with van der Waals surface area (Å²) in [5.41, 5.74) is 3.26. The number of aryl methyl sites for hydroxylation is 1. The van der Waals surface area contributed by atoms with Crippen LogP contribution in [0.25, 0.3) is 10.9 Å². The second-order valence-corrected chi connectivity index (χ2v) is 9.61. The van der Waals surface area contributed by atoms with Crippen molar-refractivity contribution in [3.05, 3.63) is 46.0 Å². The summed E-state index contributed by atoms with van der Waals surface area (Å²) in [5, 5.41) is 14.7. The molecule has 5 rings (SSSR count). The fraction of sp³-hybridized carbons (Fsp3) is 0.478. The van der Waals surface area contributed by atoms with E-state index in [1.165, 1.54) is 10.9 Å². The van der Waals surface area contributed by atoms with Gasteiger partial charge in [-0.3, -0.25) is 9.69 Å². The molecular weight excluding hydrogens is 412 g/mol. The first-order valence-corrected chi connectivity index (χ1v) is 11.6. The van der Waals surface area contributed by atoms with Crippen molar-refractivity contribution in [3.63, 3.8) is 0 Å². The first kappa shape index (κ1) is 20.5. The normalized spacial score (nSPS) is 20.1. The number of aromatic nitrogens is 2. The summed E-state index contributed by atoms with van der Waals surface area (Å²) in [6, 6.07) is 5.85. The Labute approximate surface area is 185 Å². The van der Waals surface area contributed by atoms with Gasteiger partial charge in [-0.05, 0) is 17.7 Å². The van der Waals surface area contributed by atoms with Crippen LogP contribution in [-0.4, -0.2) is 63.7 Å². The third-order valence-electron chi connectivity index (χ3n) is 6.84. The summed E-state index contributed by atoms with van der Waals surface area (Å²) in [4.78, 5) is 21.6. The molecule has 1 saturated heterocycles. The van der Waals surface area contributed by atoms with Gasteiger partial charge in [-0.1, -0.05) is 6.92 Å². The Bertz CT molecular complexity index is 1120. The van der Waals surface area contributed by atoms with Crippen molar-refractivity contribution in [2.24, 2.45) is 7.05 Å². The van der Waals surface area contributed by atoms with E-state index in [9.17, 15) is 9.90 Å². The number of nitrogens with zero attached hydrogens (tertiary/aromatic N) is 4. The number of methoxy groups -OCH3 is 1. The van der Waals surface area contributed by atoms with E-state index in [-0.39, 0.29) is 24.0 Å². The minimum absolute atomic E-state index is 0.0844. The van der Waals surface area contributed by atoms with E-state index >= 15 is 0 Å². The van der Waals surface area contributed by atoms with Crippen molar-refractivity contribution in [2.75, 3.05) is 33.4 Å². The molecule has 2 aliphatic heterocycles. The Kier molecular flexibility index (Phi) is 5.03. The lowest BCUT2D eigenvalue weighted by atomic mass is 9.68. The fourth-order valence-electron chi connectivity index (χ4n) is 5.53. The average Bonchev–Trinajstić information content (AvgIpc) is 3.38. The zero-order valence-electron chi connectivity index (χ0n) is 18.2. The van der Waals surface area contributed by atoms with Crippen LogP contribution < -0.4 is 4.74 Å². The highest BCUT2D eigenvalue weighted by molar-refractivity contribution is 7.09. The molecule has 1 spiro atoms. The Balaban J connectivity index is 1.62. The number of hydrogen-bond acceptors (Lipinski definition) is 6. The van der Waals surface area contributed by atoms with Crippen molar-refractivity contribution in [2.45, 2.75) is 31.3 Å². The average molecular weight is 441 g/mol. The van der Waals surface area contributed by atoms with Gasteiger partial charge in [0.15, 0.2) is 0 Å². The predicted molar refractivity (Wildman–Crippen MR) is 120 cm³/mol. The van der Waals surface area contributed by atoms with Crippen molar-refractivity contribution in [1.82, 2.24) is 19.4 Å². The third-order valence-corrected chi connectivity index (χ3v) is 7.60. The summed E-state index contributed by atoms with van der Waals surface area (Å²) in [5.74, 6) is 0.894. The van der Waals surface area contributed by atoms with Gasteiger partial charge in [0.1, 0.15) is 10.8 Å². The van der Waals surface area contributed by atoms with Gasteiger partial charge in [0.25, 0.3) is 0 Å². The van der Waals surface area contributed by atoms with E-state index in [1.54, 1.807) is 18.4 Å². The van der Waals surface area contributed by atoms with Crippen LogP contribution in [0.5, 0.6) is 5.75 Å². The smallest absolute Gasteiger partial charge is 0.222 e. The molecule has 7 nitrogen and oxygen atoms in total. The number of fused-ring (bicyclic) bond motifs is 4. The van der Waals surface area contributed by atoms with Gasteiger partial charge in [-0.15, -0.1) is 11.3 Å². The van der Waals surface area contributed by atoms with Gasteiger partial charge < -0.3 is 19.3 Å².